The fraction of sp³-hybridized carbons (Fsp3) is 0.273. The van der Waals surface area contributed by atoms with E-state index < -0.39 is 0 Å². The van der Waals surface area contributed by atoms with E-state index in [1.165, 1.54) is 16.8 Å². The normalized spacial score (nSPS) is 14.4. The van der Waals surface area contributed by atoms with E-state index in [9.17, 15) is 4.79 Å². The Balaban J connectivity index is 1.48. The number of aryl methyl sites for hydroxylation is 2. The van der Waals surface area contributed by atoms with Gasteiger partial charge in [0, 0.05) is 37.4 Å². The van der Waals surface area contributed by atoms with Gasteiger partial charge in [0.25, 0.3) is 5.91 Å². The van der Waals surface area contributed by atoms with Crippen LogP contribution in [0.3, 0.4) is 0 Å². The zero-order valence-corrected chi connectivity index (χ0v) is 15.8. The number of hydrogen-bond acceptors (Lipinski definition) is 3. The third-order valence-corrected chi connectivity index (χ3v) is 5.23. The molecule has 2 aromatic carbocycles. The second kappa shape index (κ2) is 7.27. The highest BCUT2D eigenvalue weighted by Crippen LogP contribution is 2.25. The van der Waals surface area contributed by atoms with Crippen LogP contribution in [-0.4, -0.2) is 47.2 Å². The molecule has 3 aromatic rings. The van der Waals surface area contributed by atoms with Crippen molar-refractivity contribution in [3.63, 3.8) is 0 Å². The molecule has 0 aliphatic carbocycles. The SMILES string of the molecule is Cc1ccc(-c2[nH]ncc2C(=O)N2CCN(c3ccccc3C)CC2)cc1. The minimum atomic E-state index is 0.0451. The summed E-state index contributed by atoms with van der Waals surface area (Å²) in [6.45, 7) is 7.29. The van der Waals surface area contributed by atoms with E-state index in [4.69, 9.17) is 0 Å². The van der Waals surface area contributed by atoms with Crippen molar-refractivity contribution in [2.75, 3.05) is 31.1 Å². The molecule has 0 spiro atoms. The lowest BCUT2D eigenvalue weighted by atomic mass is 10.1. The van der Waals surface area contributed by atoms with Gasteiger partial charge in [0.15, 0.2) is 0 Å². The molecule has 0 atom stereocenters. The largest absolute Gasteiger partial charge is 0.368 e. The van der Waals surface area contributed by atoms with Crippen LogP contribution >= 0.6 is 0 Å². The first-order chi connectivity index (χ1) is 13.1. The van der Waals surface area contributed by atoms with Gasteiger partial charge in [-0.3, -0.25) is 9.89 Å². The summed E-state index contributed by atoms with van der Waals surface area (Å²) in [7, 11) is 0. The van der Waals surface area contributed by atoms with Gasteiger partial charge < -0.3 is 9.80 Å². The number of nitrogens with zero attached hydrogens (tertiary/aromatic N) is 3. The molecule has 1 saturated heterocycles. The van der Waals surface area contributed by atoms with Crippen LogP contribution in [0.15, 0.2) is 54.7 Å². The van der Waals surface area contributed by atoms with Crippen LogP contribution in [-0.2, 0) is 0 Å². The summed E-state index contributed by atoms with van der Waals surface area (Å²) in [4.78, 5) is 17.4. The number of nitrogens with one attached hydrogen (secondary N) is 1. The lowest BCUT2D eigenvalue weighted by molar-refractivity contribution is 0.0747. The summed E-state index contributed by atoms with van der Waals surface area (Å²) in [6.07, 6.45) is 1.64. The van der Waals surface area contributed by atoms with E-state index in [0.717, 1.165) is 24.3 Å². The van der Waals surface area contributed by atoms with E-state index >= 15 is 0 Å². The fourth-order valence-corrected chi connectivity index (χ4v) is 3.63. The van der Waals surface area contributed by atoms with Crippen LogP contribution in [0.5, 0.6) is 0 Å². The lowest BCUT2D eigenvalue weighted by Gasteiger charge is -2.36. The minimum Gasteiger partial charge on any atom is -0.368 e. The number of amides is 1. The molecule has 138 valence electrons. The van der Waals surface area contributed by atoms with E-state index in [-0.39, 0.29) is 5.91 Å². The van der Waals surface area contributed by atoms with Gasteiger partial charge in [0.1, 0.15) is 0 Å². The molecule has 5 heteroatoms. The Morgan fingerprint density at radius 3 is 2.37 bits per heavy atom. The van der Waals surface area contributed by atoms with E-state index in [2.05, 4.69) is 53.2 Å². The van der Waals surface area contributed by atoms with Crippen LogP contribution in [0.2, 0.25) is 0 Å². The number of anilines is 1. The molecule has 5 nitrogen and oxygen atoms in total. The molecule has 2 heterocycles. The molecular weight excluding hydrogens is 336 g/mol. The van der Waals surface area contributed by atoms with Gasteiger partial charge in [0.05, 0.1) is 17.5 Å². The Hall–Kier alpha value is -3.08. The van der Waals surface area contributed by atoms with Gasteiger partial charge >= 0.3 is 0 Å². The van der Waals surface area contributed by atoms with E-state index in [0.29, 0.717) is 18.7 Å². The number of aromatic amines is 1. The van der Waals surface area contributed by atoms with Gasteiger partial charge in [-0.15, -0.1) is 0 Å². The lowest BCUT2D eigenvalue weighted by Crippen LogP contribution is -2.49. The summed E-state index contributed by atoms with van der Waals surface area (Å²) in [5.41, 5.74) is 6.14. The average Bonchev–Trinajstić information content (AvgIpc) is 3.18. The van der Waals surface area contributed by atoms with Crippen molar-refractivity contribution in [3.05, 3.63) is 71.4 Å². The quantitative estimate of drug-likeness (QED) is 0.776. The molecule has 1 N–H and O–H groups in total. The monoisotopic (exact) mass is 360 g/mol. The molecule has 1 aliphatic heterocycles. The standard InChI is InChI=1S/C22H24N4O/c1-16-7-9-18(10-8-16)21-19(15-23-24-21)22(27)26-13-11-25(12-14-26)20-6-4-3-5-17(20)2/h3-10,15H,11-14H2,1-2H3,(H,23,24). The van der Waals surface area contributed by atoms with Crippen molar-refractivity contribution in [3.8, 4) is 11.3 Å². The molecule has 4 rings (SSSR count). The number of carbonyl (C=O) groups is 1. The Morgan fingerprint density at radius 1 is 0.963 bits per heavy atom. The zero-order valence-electron chi connectivity index (χ0n) is 15.8. The average molecular weight is 360 g/mol. The third kappa shape index (κ3) is 3.45. The van der Waals surface area contributed by atoms with Gasteiger partial charge in [-0.05, 0) is 25.5 Å². The smallest absolute Gasteiger partial charge is 0.257 e. The number of para-hydroxylation sites is 1. The molecule has 0 saturated carbocycles. The number of carbonyl (C=O) groups excluding carboxylic acids is 1. The maximum atomic E-state index is 13.1. The summed E-state index contributed by atoms with van der Waals surface area (Å²) in [6, 6.07) is 16.6. The number of rotatable bonds is 3. The van der Waals surface area contributed by atoms with Crippen LogP contribution < -0.4 is 4.90 Å². The van der Waals surface area contributed by atoms with E-state index in [1.54, 1.807) is 6.20 Å². The van der Waals surface area contributed by atoms with Crippen molar-refractivity contribution < 1.29 is 4.79 Å². The topological polar surface area (TPSA) is 52.2 Å². The predicted octanol–water partition coefficient (Wildman–Crippen LogP) is 3.66. The molecule has 1 aliphatic rings. The molecular formula is C22H24N4O. The van der Waals surface area contributed by atoms with Crippen molar-refractivity contribution in [2.45, 2.75) is 13.8 Å². The first-order valence-corrected chi connectivity index (χ1v) is 9.34. The molecule has 1 fully saturated rings. The number of hydrogen-bond donors (Lipinski definition) is 1. The number of piperazine rings is 1. The highest BCUT2D eigenvalue weighted by molar-refractivity contribution is 5.99. The van der Waals surface area contributed by atoms with Crippen molar-refractivity contribution in [1.29, 1.82) is 0 Å². The first kappa shape index (κ1) is 17.3. The molecule has 27 heavy (non-hydrogen) atoms. The zero-order chi connectivity index (χ0) is 18.8. The van der Waals surface area contributed by atoms with Crippen LogP contribution in [0.25, 0.3) is 11.3 Å². The second-order valence-electron chi connectivity index (χ2n) is 7.09. The van der Waals surface area contributed by atoms with Crippen molar-refractivity contribution in [1.82, 2.24) is 15.1 Å². The molecule has 0 bridgehead atoms. The molecule has 1 aromatic heterocycles. The number of H-pyrrole nitrogens is 1. The van der Waals surface area contributed by atoms with E-state index in [1.807, 2.05) is 29.2 Å². The summed E-state index contributed by atoms with van der Waals surface area (Å²) in [5, 5.41) is 7.12. The highest BCUT2D eigenvalue weighted by atomic mass is 16.2. The minimum absolute atomic E-state index is 0.0451. The number of benzene rings is 2. The maximum absolute atomic E-state index is 13.1. The number of aromatic nitrogens is 2. The second-order valence-corrected chi connectivity index (χ2v) is 7.09. The Morgan fingerprint density at radius 2 is 1.67 bits per heavy atom. The van der Waals surface area contributed by atoms with Crippen LogP contribution in [0.4, 0.5) is 5.69 Å². The Bertz CT molecular complexity index is 937. The molecule has 1 amide bonds. The molecule has 0 unspecified atom stereocenters. The maximum Gasteiger partial charge on any atom is 0.257 e. The van der Waals surface area contributed by atoms with Crippen molar-refractivity contribution in [2.24, 2.45) is 0 Å². The summed E-state index contributed by atoms with van der Waals surface area (Å²) < 4.78 is 0. The van der Waals surface area contributed by atoms with Crippen LogP contribution in [0.1, 0.15) is 21.5 Å². The highest BCUT2D eigenvalue weighted by Gasteiger charge is 2.25. The fourth-order valence-electron chi connectivity index (χ4n) is 3.63. The first-order valence-electron chi connectivity index (χ1n) is 9.34. The summed E-state index contributed by atoms with van der Waals surface area (Å²) in [5.74, 6) is 0.0451. The Kier molecular flexibility index (Phi) is 4.67. The van der Waals surface area contributed by atoms with Gasteiger partial charge in [-0.1, -0.05) is 48.0 Å². The van der Waals surface area contributed by atoms with Crippen molar-refractivity contribution >= 4 is 11.6 Å². The predicted molar refractivity (Wildman–Crippen MR) is 108 cm³/mol. The Labute approximate surface area is 159 Å². The molecule has 0 radical (unpaired) electrons. The van der Waals surface area contributed by atoms with Gasteiger partial charge in [0.2, 0.25) is 0 Å². The summed E-state index contributed by atoms with van der Waals surface area (Å²) >= 11 is 0. The van der Waals surface area contributed by atoms with Gasteiger partial charge in [-0.2, -0.15) is 5.10 Å². The van der Waals surface area contributed by atoms with Crippen LogP contribution in [0, 0.1) is 13.8 Å². The van der Waals surface area contributed by atoms with Gasteiger partial charge in [-0.25, -0.2) is 0 Å². The third-order valence-electron chi connectivity index (χ3n) is 5.23.